The van der Waals surface area contributed by atoms with Crippen molar-refractivity contribution in [2.75, 3.05) is 13.2 Å². The molecule has 4 nitrogen and oxygen atoms in total. The van der Waals surface area contributed by atoms with Crippen molar-refractivity contribution in [3.63, 3.8) is 0 Å². The fourth-order valence-electron chi connectivity index (χ4n) is 3.34. The predicted molar refractivity (Wildman–Crippen MR) is 112 cm³/mol. The van der Waals surface area contributed by atoms with Gasteiger partial charge in [0.05, 0.1) is 5.69 Å². The summed E-state index contributed by atoms with van der Waals surface area (Å²) in [5, 5.41) is 0. The van der Waals surface area contributed by atoms with Crippen molar-refractivity contribution in [1.29, 1.82) is 0 Å². The molecule has 2 aliphatic rings. The SMILES string of the molecule is Ic1cccc(C2=Nc3cc4c(cc3C(c3ccccc3)O2)OCCO4)c1. The summed E-state index contributed by atoms with van der Waals surface area (Å²) in [6.45, 7) is 1.11. The molecule has 0 N–H and O–H groups in total. The molecule has 2 aliphatic heterocycles. The Balaban J connectivity index is 1.67. The van der Waals surface area contributed by atoms with Crippen LogP contribution >= 0.6 is 22.6 Å². The number of hydrogen-bond acceptors (Lipinski definition) is 4. The summed E-state index contributed by atoms with van der Waals surface area (Å²) in [7, 11) is 0. The van der Waals surface area contributed by atoms with Crippen LogP contribution in [0.1, 0.15) is 22.8 Å². The molecule has 5 rings (SSSR count). The zero-order valence-corrected chi connectivity index (χ0v) is 16.5. The Morgan fingerprint density at radius 2 is 1.63 bits per heavy atom. The summed E-state index contributed by atoms with van der Waals surface area (Å²) in [4.78, 5) is 4.80. The molecule has 0 saturated heterocycles. The fourth-order valence-corrected chi connectivity index (χ4v) is 3.88. The molecule has 2 heterocycles. The highest BCUT2D eigenvalue weighted by atomic mass is 127. The van der Waals surface area contributed by atoms with Crippen LogP contribution in [0.5, 0.6) is 11.5 Å². The van der Waals surface area contributed by atoms with E-state index in [9.17, 15) is 0 Å². The molecular formula is C22H16INO3. The van der Waals surface area contributed by atoms with Crippen LogP contribution in [-0.4, -0.2) is 19.1 Å². The van der Waals surface area contributed by atoms with Crippen molar-refractivity contribution in [3.05, 3.63) is 87.0 Å². The number of rotatable bonds is 2. The molecule has 0 saturated carbocycles. The molecule has 1 atom stereocenters. The van der Waals surface area contributed by atoms with E-state index in [1.54, 1.807) is 0 Å². The average Bonchev–Trinajstić information content (AvgIpc) is 2.72. The standard InChI is InChI=1S/C22H16INO3/c23-16-8-4-7-15(11-16)22-24-18-13-20-19(25-9-10-26-20)12-17(18)21(27-22)14-5-2-1-3-6-14/h1-8,11-13,21H,9-10H2. The highest BCUT2D eigenvalue weighted by Crippen LogP contribution is 2.45. The van der Waals surface area contributed by atoms with Crippen molar-refractivity contribution in [3.8, 4) is 11.5 Å². The second-order valence-corrected chi connectivity index (χ2v) is 7.64. The Hall–Kier alpha value is -2.54. The molecule has 3 aromatic carbocycles. The minimum Gasteiger partial charge on any atom is -0.486 e. The van der Waals surface area contributed by atoms with Crippen molar-refractivity contribution < 1.29 is 14.2 Å². The van der Waals surface area contributed by atoms with Crippen molar-refractivity contribution in [2.45, 2.75) is 6.10 Å². The van der Waals surface area contributed by atoms with Crippen LogP contribution in [0.3, 0.4) is 0 Å². The average molecular weight is 469 g/mol. The van der Waals surface area contributed by atoms with E-state index < -0.39 is 0 Å². The fraction of sp³-hybridized carbons (Fsp3) is 0.136. The lowest BCUT2D eigenvalue weighted by molar-refractivity contribution is 0.170. The molecule has 0 fully saturated rings. The molecule has 0 amide bonds. The first-order chi connectivity index (χ1) is 13.3. The van der Waals surface area contributed by atoms with E-state index in [2.05, 4.69) is 46.9 Å². The number of ether oxygens (including phenoxy) is 3. The third kappa shape index (κ3) is 3.16. The van der Waals surface area contributed by atoms with Crippen LogP contribution < -0.4 is 9.47 Å². The van der Waals surface area contributed by atoms with Gasteiger partial charge in [-0.3, -0.25) is 0 Å². The van der Waals surface area contributed by atoms with Crippen LogP contribution in [0.25, 0.3) is 0 Å². The summed E-state index contributed by atoms with van der Waals surface area (Å²) in [5.74, 6) is 2.10. The van der Waals surface area contributed by atoms with Crippen molar-refractivity contribution >= 4 is 34.2 Å². The minimum absolute atomic E-state index is 0.248. The molecule has 3 aromatic rings. The molecule has 27 heavy (non-hydrogen) atoms. The van der Waals surface area contributed by atoms with Gasteiger partial charge in [-0.05, 0) is 52.4 Å². The second kappa shape index (κ2) is 6.88. The van der Waals surface area contributed by atoms with Crippen molar-refractivity contribution in [1.82, 2.24) is 0 Å². The summed E-state index contributed by atoms with van der Waals surface area (Å²) < 4.78 is 19.0. The summed E-state index contributed by atoms with van der Waals surface area (Å²) >= 11 is 2.30. The lowest BCUT2D eigenvalue weighted by Gasteiger charge is -2.28. The van der Waals surface area contributed by atoms with E-state index in [0.29, 0.717) is 19.1 Å². The first-order valence-corrected chi connectivity index (χ1v) is 9.85. The van der Waals surface area contributed by atoms with Gasteiger partial charge in [0.2, 0.25) is 5.90 Å². The number of nitrogens with zero attached hydrogens (tertiary/aromatic N) is 1. The van der Waals surface area contributed by atoms with Gasteiger partial charge >= 0.3 is 0 Å². The topological polar surface area (TPSA) is 40.0 Å². The number of hydrogen-bond donors (Lipinski definition) is 0. The molecule has 0 aliphatic carbocycles. The monoisotopic (exact) mass is 469 g/mol. The first kappa shape index (κ1) is 16.6. The van der Waals surface area contributed by atoms with E-state index >= 15 is 0 Å². The smallest absolute Gasteiger partial charge is 0.222 e. The third-order valence-corrected chi connectivity index (χ3v) is 5.27. The molecule has 0 radical (unpaired) electrons. The molecule has 5 heteroatoms. The second-order valence-electron chi connectivity index (χ2n) is 6.39. The van der Waals surface area contributed by atoms with Crippen LogP contribution in [0.2, 0.25) is 0 Å². The largest absolute Gasteiger partial charge is 0.486 e. The lowest BCUT2D eigenvalue weighted by Crippen LogP contribution is -2.20. The summed E-state index contributed by atoms with van der Waals surface area (Å²) in [5.41, 5.74) is 3.88. The van der Waals surface area contributed by atoms with Gasteiger partial charge in [-0.15, -0.1) is 0 Å². The van der Waals surface area contributed by atoms with Crippen LogP contribution in [0.15, 0.2) is 71.7 Å². The van der Waals surface area contributed by atoms with E-state index in [4.69, 9.17) is 19.2 Å². The van der Waals surface area contributed by atoms with Gasteiger partial charge in [0.15, 0.2) is 17.6 Å². The predicted octanol–water partition coefficient (Wildman–Crippen LogP) is 5.26. The van der Waals surface area contributed by atoms with Gasteiger partial charge < -0.3 is 14.2 Å². The van der Waals surface area contributed by atoms with Crippen molar-refractivity contribution in [2.24, 2.45) is 4.99 Å². The maximum atomic E-state index is 6.38. The minimum atomic E-state index is -0.248. The molecular weight excluding hydrogens is 453 g/mol. The van der Waals surface area contributed by atoms with E-state index in [0.717, 1.165) is 37.4 Å². The normalized spacial score (nSPS) is 17.5. The first-order valence-electron chi connectivity index (χ1n) is 8.78. The quantitative estimate of drug-likeness (QED) is 0.481. The Bertz CT molecular complexity index is 1030. The number of benzene rings is 3. The van der Waals surface area contributed by atoms with Gasteiger partial charge in [0, 0.05) is 20.8 Å². The van der Waals surface area contributed by atoms with Crippen LogP contribution in [-0.2, 0) is 4.74 Å². The molecule has 0 spiro atoms. The Labute approximate surface area is 170 Å². The van der Waals surface area contributed by atoms with Gasteiger partial charge in [0.25, 0.3) is 0 Å². The molecule has 134 valence electrons. The Kier molecular flexibility index (Phi) is 4.24. The highest BCUT2D eigenvalue weighted by molar-refractivity contribution is 14.1. The maximum Gasteiger partial charge on any atom is 0.222 e. The third-order valence-electron chi connectivity index (χ3n) is 4.60. The molecule has 1 unspecified atom stereocenters. The van der Waals surface area contributed by atoms with Crippen LogP contribution in [0.4, 0.5) is 5.69 Å². The molecule has 0 bridgehead atoms. The summed E-state index contributed by atoms with van der Waals surface area (Å²) in [6, 6.07) is 22.3. The Morgan fingerprint density at radius 3 is 2.41 bits per heavy atom. The van der Waals surface area contributed by atoms with E-state index in [1.807, 2.05) is 42.5 Å². The van der Waals surface area contributed by atoms with Gasteiger partial charge in [0.1, 0.15) is 13.2 Å². The van der Waals surface area contributed by atoms with E-state index in [1.165, 1.54) is 0 Å². The van der Waals surface area contributed by atoms with Gasteiger partial charge in [-0.1, -0.05) is 36.4 Å². The number of aliphatic imine (C=N–C) groups is 1. The highest BCUT2D eigenvalue weighted by Gasteiger charge is 2.29. The Morgan fingerprint density at radius 1 is 0.852 bits per heavy atom. The van der Waals surface area contributed by atoms with Crippen LogP contribution in [0, 0.1) is 3.57 Å². The van der Waals surface area contributed by atoms with Gasteiger partial charge in [-0.25, -0.2) is 4.99 Å². The molecule has 0 aromatic heterocycles. The zero-order valence-electron chi connectivity index (χ0n) is 14.4. The summed E-state index contributed by atoms with van der Waals surface area (Å²) in [6.07, 6.45) is -0.248. The van der Waals surface area contributed by atoms with E-state index in [-0.39, 0.29) is 6.10 Å². The number of halogens is 1. The van der Waals surface area contributed by atoms with Gasteiger partial charge in [-0.2, -0.15) is 0 Å². The lowest BCUT2D eigenvalue weighted by atomic mass is 9.97. The number of fused-ring (bicyclic) bond motifs is 2. The maximum absolute atomic E-state index is 6.38. The zero-order chi connectivity index (χ0) is 18.2.